The lowest BCUT2D eigenvalue weighted by Gasteiger charge is -2.13. The molecule has 0 aromatic carbocycles. The second-order valence-corrected chi connectivity index (χ2v) is 4.60. The molecular formula is C12H11ClF3N3O. The number of anilines is 1. The number of aryl methyl sites for hydroxylation is 1. The third kappa shape index (κ3) is 3.41. The van der Waals surface area contributed by atoms with Crippen LogP contribution in [0.4, 0.5) is 19.0 Å². The van der Waals surface area contributed by atoms with Gasteiger partial charge in [-0.3, -0.25) is 0 Å². The molecule has 0 spiro atoms. The Morgan fingerprint density at radius 2 is 2.00 bits per heavy atom. The molecule has 2 rings (SSSR count). The summed E-state index contributed by atoms with van der Waals surface area (Å²) >= 11 is 5.58. The van der Waals surface area contributed by atoms with Gasteiger partial charge in [0, 0.05) is 6.07 Å². The van der Waals surface area contributed by atoms with Gasteiger partial charge in [-0.15, -0.1) is 0 Å². The van der Waals surface area contributed by atoms with E-state index in [0.29, 0.717) is 11.5 Å². The number of nitrogens with one attached hydrogen (secondary N) is 1. The fourth-order valence-electron chi connectivity index (χ4n) is 1.60. The molecule has 0 bridgehead atoms. The van der Waals surface area contributed by atoms with Gasteiger partial charge in [0.05, 0.1) is 6.04 Å². The molecule has 1 N–H and O–H groups in total. The van der Waals surface area contributed by atoms with Gasteiger partial charge in [0.2, 0.25) is 5.82 Å². The van der Waals surface area contributed by atoms with E-state index in [-0.39, 0.29) is 17.0 Å². The molecule has 2 aromatic heterocycles. The van der Waals surface area contributed by atoms with E-state index in [1.165, 1.54) is 6.07 Å². The van der Waals surface area contributed by atoms with Crippen molar-refractivity contribution in [1.29, 1.82) is 0 Å². The lowest BCUT2D eigenvalue weighted by Crippen LogP contribution is -2.14. The SMILES string of the molecule is Cc1ccc(C(C)Nc2cc(Cl)nc(C(F)(F)F)n2)o1. The van der Waals surface area contributed by atoms with Crippen LogP contribution in [0.25, 0.3) is 0 Å². The van der Waals surface area contributed by atoms with Gasteiger partial charge >= 0.3 is 6.18 Å². The van der Waals surface area contributed by atoms with Gasteiger partial charge in [-0.1, -0.05) is 11.6 Å². The molecule has 8 heteroatoms. The van der Waals surface area contributed by atoms with E-state index in [2.05, 4.69) is 15.3 Å². The van der Waals surface area contributed by atoms with Crippen molar-refractivity contribution in [3.05, 3.63) is 40.7 Å². The van der Waals surface area contributed by atoms with Gasteiger partial charge in [0.1, 0.15) is 22.5 Å². The van der Waals surface area contributed by atoms with Gasteiger partial charge in [0.25, 0.3) is 0 Å². The number of rotatable bonds is 3. The Kier molecular flexibility index (Phi) is 3.89. The minimum atomic E-state index is -4.65. The first kappa shape index (κ1) is 14.6. The lowest BCUT2D eigenvalue weighted by molar-refractivity contribution is -0.144. The Morgan fingerprint density at radius 3 is 2.55 bits per heavy atom. The molecule has 4 nitrogen and oxygen atoms in total. The first-order valence-corrected chi connectivity index (χ1v) is 6.08. The number of halogens is 4. The topological polar surface area (TPSA) is 51.0 Å². The van der Waals surface area contributed by atoms with Crippen molar-refractivity contribution in [2.45, 2.75) is 26.1 Å². The summed E-state index contributed by atoms with van der Waals surface area (Å²) in [7, 11) is 0. The maximum atomic E-state index is 12.6. The van der Waals surface area contributed by atoms with Crippen LogP contribution in [0.5, 0.6) is 0 Å². The lowest BCUT2D eigenvalue weighted by atomic mass is 10.2. The maximum absolute atomic E-state index is 12.6. The van der Waals surface area contributed by atoms with Crippen molar-refractivity contribution >= 4 is 17.4 Å². The summed E-state index contributed by atoms with van der Waals surface area (Å²) in [5.41, 5.74) is 0. The van der Waals surface area contributed by atoms with Crippen LogP contribution in [-0.2, 0) is 6.18 Å². The van der Waals surface area contributed by atoms with Gasteiger partial charge in [0.15, 0.2) is 0 Å². The average Bonchev–Trinajstić information content (AvgIpc) is 2.74. The summed E-state index contributed by atoms with van der Waals surface area (Å²) in [6, 6.07) is 4.38. The van der Waals surface area contributed by atoms with E-state index in [4.69, 9.17) is 16.0 Å². The molecule has 0 amide bonds. The van der Waals surface area contributed by atoms with E-state index < -0.39 is 12.0 Å². The highest BCUT2D eigenvalue weighted by Gasteiger charge is 2.35. The molecule has 0 saturated heterocycles. The van der Waals surface area contributed by atoms with Gasteiger partial charge < -0.3 is 9.73 Å². The Bertz CT molecular complexity index is 612. The standard InChI is InChI=1S/C12H11ClF3N3O/c1-6-3-4-8(20-6)7(2)17-10-5-9(13)18-11(19-10)12(14,15)16/h3-5,7H,1-2H3,(H,17,18,19). The number of aromatic nitrogens is 2. The number of hydrogen-bond donors (Lipinski definition) is 1. The largest absolute Gasteiger partial charge is 0.464 e. The fraction of sp³-hybridized carbons (Fsp3) is 0.333. The second-order valence-electron chi connectivity index (χ2n) is 4.21. The van der Waals surface area contributed by atoms with Gasteiger partial charge in [-0.25, -0.2) is 9.97 Å². The molecule has 0 aliphatic heterocycles. The molecule has 0 aliphatic carbocycles. The molecule has 1 atom stereocenters. The van der Waals surface area contributed by atoms with Crippen molar-refractivity contribution in [3.63, 3.8) is 0 Å². The fourth-order valence-corrected chi connectivity index (χ4v) is 1.78. The summed E-state index contributed by atoms with van der Waals surface area (Å²) in [6.45, 7) is 3.51. The predicted molar refractivity (Wildman–Crippen MR) is 67.5 cm³/mol. The van der Waals surface area contributed by atoms with E-state index in [0.717, 1.165) is 0 Å². The highest BCUT2D eigenvalue weighted by atomic mass is 35.5. The van der Waals surface area contributed by atoms with Crippen molar-refractivity contribution < 1.29 is 17.6 Å². The zero-order chi connectivity index (χ0) is 14.9. The molecule has 2 aromatic rings. The molecule has 20 heavy (non-hydrogen) atoms. The van der Waals surface area contributed by atoms with Crippen molar-refractivity contribution in [2.75, 3.05) is 5.32 Å². The Hall–Kier alpha value is -1.76. The summed E-state index contributed by atoms with van der Waals surface area (Å²) in [5, 5.41) is 2.52. The highest BCUT2D eigenvalue weighted by molar-refractivity contribution is 6.29. The maximum Gasteiger partial charge on any atom is 0.451 e. The summed E-state index contributed by atoms with van der Waals surface area (Å²) < 4.78 is 43.1. The van der Waals surface area contributed by atoms with Crippen LogP contribution in [0, 0.1) is 6.92 Å². The third-order valence-corrected chi connectivity index (χ3v) is 2.69. The van der Waals surface area contributed by atoms with Gasteiger partial charge in [-0.2, -0.15) is 13.2 Å². The Morgan fingerprint density at radius 1 is 1.30 bits per heavy atom. The van der Waals surface area contributed by atoms with Crippen LogP contribution in [-0.4, -0.2) is 9.97 Å². The van der Waals surface area contributed by atoms with Crippen LogP contribution >= 0.6 is 11.6 Å². The molecule has 2 heterocycles. The van der Waals surface area contributed by atoms with Crippen molar-refractivity contribution in [3.8, 4) is 0 Å². The normalized spacial score (nSPS) is 13.3. The molecule has 108 valence electrons. The van der Waals surface area contributed by atoms with Crippen LogP contribution in [0.1, 0.15) is 30.3 Å². The van der Waals surface area contributed by atoms with Gasteiger partial charge in [-0.05, 0) is 26.0 Å². The molecule has 0 saturated carbocycles. The first-order chi connectivity index (χ1) is 9.25. The number of nitrogens with zero attached hydrogens (tertiary/aromatic N) is 2. The monoisotopic (exact) mass is 305 g/mol. The first-order valence-electron chi connectivity index (χ1n) is 5.70. The zero-order valence-electron chi connectivity index (χ0n) is 10.6. The minimum absolute atomic E-state index is 0.0149. The van der Waals surface area contributed by atoms with E-state index in [1.807, 2.05) is 0 Å². The van der Waals surface area contributed by atoms with E-state index in [9.17, 15) is 13.2 Å². The minimum Gasteiger partial charge on any atom is -0.464 e. The molecule has 1 unspecified atom stereocenters. The quantitative estimate of drug-likeness (QED) is 0.862. The molecular weight excluding hydrogens is 295 g/mol. The van der Waals surface area contributed by atoms with Crippen LogP contribution < -0.4 is 5.32 Å². The van der Waals surface area contributed by atoms with Crippen LogP contribution in [0.3, 0.4) is 0 Å². The number of hydrogen-bond acceptors (Lipinski definition) is 4. The van der Waals surface area contributed by atoms with Crippen molar-refractivity contribution in [2.24, 2.45) is 0 Å². The highest BCUT2D eigenvalue weighted by Crippen LogP contribution is 2.29. The number of furan rings is 1. The third-order valence-electron chi connectivity index (χ3n) is 2.50. The average molecular weight is 306 g/mol. The van der Waals surface area contributed by atoms with Crippen LogP contribution in [0.2, 0.25) is 5.15 Å². The second kappa shape index (κ2) is 5.32. The molecule has 0 fully saturated rings. The smallest absolute Gasteiger partial charge is 0.451 e. The zero-order valence-corrected chi connectivity index (χ0v) is 11.4. The summed E-state index contributed by atoms with van der Waals surface area (Å²) in [5.74, 6) is 0.00495. The molecule has 0 aliphatic rings. The van der Waals surface area contributed by atoms with Crippen molar-refractivity contribution in [1.82, 2.24) is 9.97 Å². The Balaban J connectivity index is 2.23. The summed E-state index contributed by atoms with van der Waals surface area (Å²) in [6.07, 6.45) is -4.65. The van der Waals surface area contributed by atoms with E-state index in [1.54, 1.807) is 26.0 Å². The van der Waals surface area contributed by atoms with Crippen LogP contribution in [0.15, 0.2) is 22.6 Å². The Labute approximate surface area is 118 Å². The summed E-state index contributed by atoms with van der Waals surface area (Å²) in [4.78, 5) is 6.56. The predicted octanol–water partition coefficient (Wildman–Crippen LogP) is 4.22. The van der Waals surface area contributed by atoms with E-state index >= 15 is 0 Å². The number of alkyl halides is 3. The molecule has 0 radical (unpaired) electrons.